The number of aliphatic hydroxyl groups is 3. The molecule has 8 aromatic rings. The molecule has 0 amide bonds. The Morgan fingerprint density at radius 1 is 0.596 bits per heavy atom. The number of aliphatic hydroxyl groups excluding tert-OH is 3. The van der Waals surface area contributed by atoms with E-state index >= 15 is 0 Å². The van der Waals surface area contributed by atoms with Gasteiger partial charge in [-0.3, -0.25) is 14.2 Å². The van der Waals surface area contributed by atoms with Crippen LogP contribution in [0.2, 0.25) is 0 Å². The van der Waals surface area contributed by atoms with E-state index in [-0.39, 0.29) is 139 Å². The van der Waals surface area contributed by atoms with Crippen LogP contribution in [0.4, 0.5) is 28.9 Å². The number of carboxylic acids is 1. The Morgan fingerprint density at radius 3 is 1.30 bits per heavy atom. The van der Waals surface area contributed by atoms with Crippen LogP contribution in [0.15, 0.2) is 168 Å². The molecule has 1 saturated heterocycles. The minimum atomic E-state index is -4.28. The Kier molecular flexibility index (Phi) is 28.2. The second kappa shape index (κ2) is 33.3. The average molecular weight is 1280 g/mol. The molecule has 0 bridgehead atoms. The molecule has 6 N–H and O–H groups in total. The van der Waals surface area contributed by atoms with Gasteiger partial charge in [0.05, 0.1) is 36.1 Å². The van der Waals surface area contributed by atoms with Crippen molar-refractivity contribution in [3.63, 3.8) is 0 Å². The van der Waals surface area contributed by atoms with Crippen molar-refractivity contribution in [2.24, 2.45) is 0 Å². The fourth-order valence-corrected chi connectivity index (χ4v) is 14.0. The number of sulfonamides is 2. The largest absolute Gasteiger partial charge is 1.00 e. The van der Waals surface area contributed by atoms with Crippen LogP contribution in [-0.4, -0.2) is 91.5 Å². The third-order valence-electron chi connectivity index (χ3n) is 14.2. The Hall–Kier alpha value is -6.06. The number of carbonyl (C=O) groups excluding carboxylic acids is 2. The van der Waals surface area contributed by atoms with Crippen molar-refractivity contribution in [3.05, 3.63) is 192 Å². The molecule has 0 spiro atoms. The summed E-state index contributed by atoms with van der Waals surface area (Å²) in [4.78, 5) is 22.9. The van der Waals surface area contributed by atoms with Crippen LogP contribution < -0.4 is 73.7 Å². The third-order valence-corrected chi connectivity index (χ3v) is 17.2. The van der Waals surface area contributed by atoms with Gasteiger partial charge < -0.3 is 44.6 Å². The van der Waals surface area contributed by atoms with Crippen LogP contribution in [0.3, 0.4) is 0 Å². The number of nitrogens with zero attached hydrogens (tertiary/aromatic N) is 2. The minimum Gasteiger partial charge on any atom is -0.870 e. The summed E-state index contributed by atoms with van der Waals surface area (Å²) in [7, 11) is -8.50. The van der Waals surface area contributed by atoms with Crippen LogP contribution in [-0.2, 0) is 47.5 Å². The molecule has 459 valence electrons. The molecule has 25 heteroatoms. The number of para-hydroxylation sites is 2. The van der Waals surface area contributed by atoms with E-state index in [9.17, 15) is 64.4 Å². The summed E-state index contributed by atoms with van der Waals surface area (Å²) in [6.07, 6.45) is -4.18. The Bertz CT molecular complexity index is 3850. The number of aromatic nitrogens is 2. The van der Waals surface area contributed by atoms with Gasteiger partial charge in [0.25, 0.3) is 20.0 Å². The molecule has 1 aliphatic heterocycles. The van der Waals surface area contributed by atoms with Crippen LogP contribution in [0.25, 0.3) is 44.8 Å². The molecule has 6 aromatic carbocycles. The van der Waals surface area contributed by atoms with Crippen molar-refractivity contribution >= 4 is 51.8 Å². The van der Waals surface area contributed by atoms with E-state index in [4.69, 9.17) is 4.74 Å². The number of esters is 1. The normalized spacial score (nSPS) is 14.6. The first kappa shape index (κ1) is 75.4. The summed E-state index contributed by atoms with van der Waals surface area (Å²) in [5.74, 6) is -4.56. The summed E-state index contributed by atoms with van der Waals surface area (Å²) in [5, 5.41) is 41.7. The van der Waals surface area contributed by atoms with Gasteiger partial charge in [-0.05, 0) is 144 Å². The Balaban J connectivity index is 0.000000364. The monoisotopic (exact) mass is 1280 g/mol. The number of benzene rings is 6. The van der Waals surface area contributed by atoms with Gasteiger partial charge in [-0.25, -0.2) is 34.4 Å². The SMILES string of the molecule is CC(C)c1c(S(=O)(=O)Nc2ccccc2)c(-c2ccc(F)cc2)c(-c2ccc(F)cc2)n1CC[C@@H](O)C[C@@H](O)CC(=O)[O-].CC(C)c1c(S(=O)(=O)Nc2ccccc2)c(-c2ccc(F)cc2)c(-c2ccc(F)cc2)n1CC[C@@H]1C[C@@H](O)CC(=O)O1.[B].[Na+].[Na+].[OH-]. The second-order valence-corrected chi connectivity index (χ2v) is 24.6. The Morgan fingerprint density at radius 2 is 0.955 bits per heavy atom. The first-order valence-electron chi connectivity index (χ1n) is 27.6. The zero-order chi connectivity index (χ0) is 61.3. The van der Waals surface area contributed by atoms with Crippen molar-refractivity contribution in [3.8, 4) is 44.8 Å². The fraction of sp³-hybridized carbons (Fsp3) is 0.281. The van der Waals surface area contributed by atoms with E-state index in [2.05, 4.69) is 9.44 Å². The molecule has 1 fully saturated rings. The van der Waals surface area contributed by atoms with Crippen LogP contribution in [0.1, 0.15) is 89.4 Å². The van der Waals surface area contributed by atoms with Crippen LogP contribution in [0.5, 0.6) is 0 Å². The number of halogens is 4. The summed E-state index contributed by atoms with van der Waals surface area (Å²) in [6, 6.07) is 39.1. The molecule has 4 atom stereocenters. The molecule has 0 saturated carbocycles. The summed E-state index contributed by atoms with van der Waals surface area (Å²) in [6.45, 7) is 7.68. The molecule has 9 rings (SSSR count). The number of ether oxygens (including phenoxy) is 1. The topological polar surface area (TPSA) is 259 Å². The molecular weight excluding hydrogens is 1210 g/mol. The predicted molar refractivity (Wildman–Crippen MR) is 321 cm³/mol. The summed E-state index contributed by atoms with van der Waals surface area (Å²) < 4.78 is 128. The molecule has 3 radical (unpaired) electrons. The predicted octanol–water partition coefficient (Wildman–Crippen LogP) is 4.60. The number of aliphatic carboxylic acids is 1. The zero-order valence-corrected chi connectivity index (χ0v) is 55.6. The van der Waals surface area contributed by atoms with Gasteiger partial charge in [-0.1, -0.05) is 88.4 Å². The van der Waals surface area contributed by atoms with E-state index < -0.39 is 86.1 Å². The standard InChI is InChI=1S/C32H34F2N2O6S.C32H32F2N2O5S.B.2Na.H2O/c1-20(2)30-32(43(41,42)35-25-6-4-3-5-7-25)29(21-8-12-23(33)13-9-21)31(22-10-14-24(34)15-11-22)36(30)17-16-26(37)18-27(38)19-28(39)40;1-20(2)30-32(42(39,40)35-25-6-4-3-5-7-25)29(21-8-12-23(33)13-9-21)31(22-10-14-24(34)15-11-22)36(30)17-16-27-18-26(37)19-28(38)41-27;;;;/h3-15,20,26-27,35,37-38H,16-19H2,1-2H3,(H,39,40);3-15,20,26-27,35,37H,16-19H2,1-2H3;;;;1H2/q;;;2*+1;/p-2/t2*26-,27-;;;;/m11..../s1. The van der Waals surface area contributed by atoms with Crippen molar-refractivity contribution in [1.82, 2.24) is 9.13 Å². The molecule has 16 nitrogen and oxygen atoms in total. The van der Waals surface area contributed by atoms with Crippen molar-refractivity contribution in [2.45, 2.75) is 125 Å². The van der Waals surface area contributed by atoms with Gasteiger partial charge in [-0.15, -0.1) is 0 Å². The number of cyclic esters (lactones) is 1. The number of rotatable bonds is 22. The van der Waals surface area contributed by atoms with Gasteiger partial charge in [0, 0.05) is 80.6 Å². The molecule has 1 aliphatic rings. The number of hydrogen-bond acceptors (Lipinski definition) is 12. The molecule has 3 heterocycles. The fourth-order valence-electron chi connectivity index (χ4n) is 10.7. The minimum absolute atomic E-state index is 0. The number of carbonyl (C=O) groups is 2. The third kappa shape index (κ3) is 19.0. The molecule has 0 aliphatic carbocycles. The van der Waals surface area contributed by atoms with Gasteiger partial charge in [-0.2, -0.15) is 0 Å². The van der Waals surface area contributed by atoms with E-state index in [1.807, 2.05) is 32.3 Å². The van der Waals surface area contributed by atoms with Crippen molar-refractivity contribution < 1.29 is 134 Å². The summed E-state index contributed by atoms with van der Waals surface area (Å²) in [5.41, 5.74) is 5.00. The number of hydrogen-bond donors (Lipinski definition) is 5. The van der Waals surface area contributed by atoms with Gasteiger partial charge >= 0.3 is 65.1 Å². The van der Waals surface area contributed by atoms with E-state index in [0.717, 1.165) is 0 Å². The first-order chi connectivity index (χ1) is 40.4. The van der Waals surface area contributed by atoms with Crippen LogP contribution in [0, 0.1) is 23.3 Å². The van der Waals surface area contributed by atoms with Gasteiger partial charge in [0.2, 0.25) is 0 Å². The molecule has 0 unspecified atom stereocenters. The number of carboxylic acid groups (broad SMARTS) is 1. The van der Waals surface area contributed by atoms with Crippen LogP contribution >= 0.6 is 0 Å². The molecular formula is C64H66BF4N4Na2O12S2. The van der Waals surface area contributed by atoms with Crippen molar-refractivity contribution in [2.75, 3.05) is 9.44 Å². The van der Waals surface area contributed by atoms with E-state index in [0.29, 0.717) is 68.4 Å². The van der Waals surface area contributed by atoms with E-state index in [1.165, 1.54) is 84.9 Å². The van der Waals surface area contributed by atoms with Gasteiger partial charge in [0.1, 0.15) is 39.2 Å². The molecule has 2 aromatic heterocycles. The number of nitrogens with one attached hydrogen (secondary N) is 2. The maximum absolute atomic E-state index is 14.3. The quantitative estimate of drug-likeness (QED) is 0.0355. The Labute approximate surface area is 561 Å². The smallest absolute Gasteiger partial charge is 0.870 e. The van der Waals surface area contributed by atoms with Crippen molar-refractivity contribution in [1.29, 1.82) is 0 Å². The zero-order valence-electron chi connectivity index (χ0n) is 50.0. The molecule has 89 heavy (non-hydrogen) atoms. The number of anilines is 2. The average Bonchev–Trinajstić information content (AvgIpc) is 3.02. The summed E-state index contributed by atoms with van der Waals surface area (Å²) >= 11 is 0. The maximum atomic E-state index is 14.3. The second-order valence-electron chi connectivity index (χ2n) is 21.4. The maximum Gasteiger partial charge on any atom is 1.00 e. The van der Waals surface area contributed by atoms with E-state index in [1.54, 1.807) is 77.4 Å². The first-order valence-corrected chi connectivity index (χ1v) is 30.5. The van der Waals surface area contributed by atoms with Gasteiger partial charge in [0.15, 0.2) is 0 Å².